The van der Waals surface area contributed by atoms with Crippen LogP contribution in [-0.4, -0.2) is 25.1 Å². The van der Waals surface area contributed by atoms with Gasteiger partial charge >= 0.3 is 0 Å². The van der Waals surface area contributed by atoms with Gasteiger partial charge in [-0.25, -0.2) is 0 Å². The number of rotatable bonds is 7. The Morgan fingerprint density at radius 2 is 1.56 bits per heavy atom. The van der Waals surface area contributed by atoms with Gasteiger partial charge in [0.1, 0.15) is 0 Å². The molecule has 0 amide bonds. The van der Waals surface area contributed by atoms with Gasteiger partial charge in [0, 0.05) is 24.1 Å². The van der Waals surface area contributed by atoms with Crippen molar-refractivity contribution in [2.75, 3.05) is 0 Å². The molecule has 0 bridgehead atoms. The van der Waals surface area contributed by atoms with Crippen LogP contribution in [0.3, 0.4) is 0 Å². The van der Waals surface area contributed by atoms with Gasteiger partial charge in [-0.15, -0.1) is 0 Å². The SMILES string of the molecule is O=[N+]([O-])c1cc(CCc2nc(-c3ccc(CO)cc3)no2)cc([N+](=O)[O-])c1. The minimum atomic E-state index is -0.669. The molecule has 27 heavy (non-hydrogen) atoms. The highest BCUT2D eigenvalue weighted by Gasteiger charge is 2.17. The van der Waals surface area contributed by atoms with E-state index in [1.807, 2.05) is 0 Å². The third-order valence-corrected chi connectivity index (χ3v) is 3.87. The topological polar surface area (TPSA) is 145 Å². The second-order valence-electron chi connectivity index (χ2n) is 5.74. The normalized spacial score (nSPS) is 10.7. The zero-order valence-corrected chi connectivity index (χ0v) is 13.9. The molecule has 138 valence electrons. The summed E-state index contributed by atoms with van der Waals surface area (Å²) in [5.41, 5.74) is 1.23. The summed E-state index contributed by atoms with van der Waals surface area (Å²) in [5, 5.41) is 34.8. The predicted octanol–water partition coefficient (Wildman–Crippen LogP) is 2.83. The van der Waals surface area contributed by atoms with E-state index in [-0.39, 0.29) is 30.8 Å². The van der Waals surface area contributed by atoms with Gasteiger partial charge in [-0.05, 0) is 17.5 Å². The van der Waals surface area contributed by atoms with E-state index >= 15 is 0 Å². The fraction of sp³-hybridized carbons (Fsp3) is 0.176. The van der Waals surface area contributed by atoms with Crippen LogP contribution in [0.1, 0.15) is 17.0 Å². The lowest BCUT2D eigenvalue weighted by molar-refractivity contribution is -0.394. The summed E-state index contributed by atoms with van der Waals surface area (Å²) in [6.45, 7) is -0.0624. The molecular formula is C17H14N4O6. The van der Waals surface area contributed by atoms with Gasteiger partial charge in [-0.3, -0.25) is 20.2 Å². The van der Waals surface area contributed by atoms with Crippen LogP contribution in [0, 0.1) is 20.2 Å². The Bertz CT molecular complexity index is 951. The number of aromatic nitrogens is 2. The van der Waals surface area contributed by atoms with E-state index in [0.717, 1.165) is 11.6 Å². The average Bonchev–Trinajstić information content (AvgIpc) is 3.15. The van der Waals surface area contributed by atoms with Gasteiger partial charge in [0.15, 0.2) is 0 Å². The zero-order valence-electron chi connectivity index (χ0n) is 13.9. The Balaban J connectivity index is 1.74. The van der Waals surface area contributed by atoms with Crippen molar-refractivity contribution in [1.82, 2.24) is 10.1 Å². The summed E-state index contributed by atoms with van der Waals surface area (Å²) in [7, 11) is 0. The molecule has 0 saturated carbocycles. The number of non-ortho nitro benzene ring substituents is 2. The first-order valence-corrected chi connectivity index (χ1v) is 7.92. The van der Waals surface area contributed by atoms with Crippen molar-refractivity contribution in [2.24, 2.45) is 0 Å². The van der Waals surface area contributed by atoms with Crippen LogP contribution in [-0.2, 0) is 19.4 Å². The fourth-order valence-electron chi connectivity index (χ4n) is 2.50. The minimum Gasteiger partial charge on any atom is -0.392 e. The van der Waals surface area contributed by atoms with E-state index in [1.54, 1.807) is 24.3 Å². The average molecular weight is 370 g/mol. The van der Waals surface area contributed by atoms with Gasteiger partial charge in [-0.2, -0.15) is 4.98 Å². The van der Waals surface area contributed by atoms with E-state index in [0.29, 0.717) is 22.8 Å². The maximum atomic E-state index is 10.9. The number of hydrogen-bond acceptors (Lipinski definition) is 8. The van der Waals surface area contributed by atoms with E-state index < -0.39 is 9.85 Å². The summed E-state index contributed by atoms with van der Waals surface area (Å²) in [5.74, 6) is 0.685. The first-order chi connectivity index (χ1) is 13.0. The lowest BCUT2D eigenvalue weighted by Crippen LogP contribution is -1.97. The molecule has 2 aromatic carbocycles. The summed E-state index contributed by atoms with van der Waals surface area (Å²) in [4.78, 5) is 24.8. The maximum Gasteiger partial charge on any atom is 0.276 e. The lowest BCUT2D eigenvalue weighted by Gasteiger charge is -2.00. The number of benzene rings is 2. The molecule has 0 spiro atoms. The van der Waals surface area contributed by atoms with Crippen LogP contribution >= 0.6 is 0 Å². The molecule has 0 atom stereocenters. The number of aliphatic hydroxyl groups excluding tert-OH is 1. The molecule has 1 aromatic heterocycles. The van der Waals surface area contributed by atoms with Crippen molar-refractivity contribution in [2.45, 2.75) is 19.4 Å². The van der Waals surface area contributed by atoms with Gasteiger partial charge in [0.2, 0.25) is 11.7 Å². The number of aryl methyl sites for hydroxylation is 2. The van der Waals surface area contributed by atoms with Crippen molar-refractivity contribution < 1.29 is 19.5 Å². The van der Waals surface area contributed by atoms with Gasteiger partial charge < -0.3 is 9.63 Å². The lowest BCUT2D eigenvalue weighted by atomic mass is 10.1. The van der Waals surface area contributed by atoms with Gasteiger partial charge in [0.05, 0.1) is 22.5 Å². The van der Waals surface area contributed by atoms with Crippen LogP contribution < -0.4 is 0 Å². The predicted molar refractivity (Wildman–Crippen MR) is 92.8 cm³/mol. The highest BCUT2D eigenvalue weighted by atomic mass is 16.6. The summed E-state index contributed by atoms with van der Waals surface area (Å²) in [6.07, 6.45) is 0.549. The third-order valence-electron chi connectivity index (χ3n) is 3.87. The van der Waals surface area contributed by atoms with E-state index in [4.69, 9.17) is 9.63 Å². The Morgan fingerprint density at radius 1 is 0.926 bits per heavy atom. The molecule has 3 rings (SSSR count). The van der Waals surface area contributed by atoms with Crippen LogP contribution in [0.15, 0.2) is 47.0 Å². The van der Waals surface area contributed by atoms with Crippen LogP contribution in [0.2, 0.25) is 0 Å². The first kappa shape index (κ1) is 18.1. The molecule has 10 heteroatoms. The molecule has 0 saturated heterocycles. The minimum absolute atomic E-state index is 0.0624. The highest BCUT2D eigenvalue weighted by Crippen LogP contribution is 2.24. The second kappa shape index (κ2) is 7.70. The van der Waals surface area contributed by atoms with E-state index in [2.05, 4.69) is 10.1 Å². The van der Waals surface area contributed by atoms with Crippen LogP contribution in [0.4, 0.5) is 11.4 Å². The van der Waals surface area contributed by atoms with Crippen molar-refractivity contribution in [3.63, 3.8) is 0 Å². The molecular weight excluding hydrogens is 356 g/mol. The molecule has 0 radical (unpaired) electrons. The smallest absolute Gasteiger partial charge is 0.276 e. The number of nitro benzene ring substituents is 2. The molecule has 10 nitrogen and oxygen atoms in total. The largest absolute Gasteiger partial charge is 0.392 e. The number of aliphatic hydroxyl groups is 1. The molecule has 0 unspecified atom stereocenters. The molecule has 0 fully saturated rings. The second-order valence-corrected chi connectivity index (χ2v) is 5.74. The Labute approximate surface area is 152 Å². The van der Waals surface area contributed by atoms with E-state index in [9.17, 15) is 20.2 Å². The quantitative estimate of drug-likeness (QED) is 0.493. The molecule has 0 aliphatic carbocycles. The van der Waals surface area contributed by atoms with Gasteiger partial charge in [-0.1, -0.05) is 29.4 Å². The highest BCUT2D eigenvalue weighted by molar-refractivity contribution is 5.54. The van der Waals surface area contributed by atoms with Crippen LogP contribution in [0.5, 0.6) is 0 Å². The Morgan fingerprint density at radius 3 is 2.11 bits per heavy atom. The zero-order chi connectivity index (χ0) is 19.4. The molecule has 1 N–H and O–H groups in total. The number of hydrogen-bond donors (Lipinski definition) is 1. The maximum absolute atomic E-state index is 10.9. The number of nitro groups is 2. The van der Waals surface area contributed by atoms with Crippen molar-refractivity contribution in [1.29, 1.82) is 0 Å². The molecule has 0 aliphatic heterocycles. The third kappa shape index (κ3) is 4.30. The summed E-state index contributed by atoms with van der Waals surface area (Å²) in [6, 6.07) is 10.5. The summed E-state index contributed by atoms with van der Waals surface area (Å²) >= 11 is 0. The summed E-state index contributed by atoms with van der Waals surface area (Å²) < 4.78 is 5.17. The fourth-order valence-corrected chi connectivity index (χ4v) is 2.50. The van der Waals surface area contributed by atoms with E-state index in [1.165, 1.54) is 12.1 Å². The Kier molecular flexibility index (Phi) is 5.18. The van der Waals surface area contributed by atoms with Crippen molar-refractivity contribution in [3.8, 4) is 11.4 Å². The monoisotopic (exact) mass is 370 g/mol. The van der Waals surface area contributed by atoms with Gasteiger partial charge in [0.25, 0.3) is 11.4 Å². The number of nitrogens with zero attached hydrogens (tertiary/aromatic N) is 4. The Hall–Kier alpha value is -3.66. The standard InChI is InChI=1S/C17H14N4O6/c22-10-11-1-4-13(5-2-11)17-18-16(27-19-17)6-3-12-7-14(20(23)24)9-15(8-12)21(25)26/h1-2,4-5,7-9,22H,3,6,10H2. The first-order valence-electron chi connectivity index (χ1n) is 7.92. The molecule has 1 heterocycles. The van der Waals surface area contributed by atoms with Crippen LogP contribution in [0.25, 0.3) is 11.4 Å². The molecule has 3 aromatic rings. The molecule has 0 aliphatic rings. The van der Waals surface area contributed by atoms with Crippen molar-refractivity contribution >= 4 is 11.4 Å². The van der Waals surface area contributed by atoms with Crippen molar-refractivity contribution in [3.05, 3.63) is 79.7 Å².